The summed E-state index contributed by atoms with van der Waals surface area (Å²) < 4.78 is 1.92. The normalized spacial score (nSPS) is 22.0. The van der Waals surface area contributed by atoms with Crippen LogP contribution in [-0.2, 0) is 18.3 Å². The van der Waals surface area contributed by atoms with Crippen LogP contribution in [-0.4, -0.2) is 40.1 Å². The Kier molecular flexibility index (Phi) is 3.94. The minimum absolute atomic E-state index is 0.260. The Balaban J connectivity index is 1.84. The van der Waals surface area contributed by atoms with Gasteiger partial charge in [-0.05, 0) is 12.5 Å². The fourth-order valence-electron chi connectivity index (χ4n) is 2.46. The van der Waals surface area contributed by atoms with E-state index in [1.807, 2.05) is 17.9 Å². The van der Waals surface area contributed by atoms with Crippen LogP contribution in [0.1, 0.15) is 25.5 Å². The Morgan fingerprint density at radius 3 is 3.00 bits per heavy atom. The van der Waals surface area contributed by atoms with Crippen molar-refractivity contribution in [2.24, 2.45) is 13.0 Å². The van der Waals surface area contributed by atoms with Crippen LogP contribution < -0.4 is 0 Å². The molecule has 0 aliphatic carbocycles. The highest BCUT2D eigenvalue weighted by atomic mass is 16.1. The van der Waals surface area contributed by atoms with E-state index < -0.39 is 0 Å². The third kappa shape index (κ3) is 2.94. The summed E-state index contributed by atoms with van der Waals surface area (Å²) in [4.78, 5) is 14.0. The molecule has 1 aromatic heterocycles. The average Bonchev–Trinajstić information content (AvgIpc) is 2.74. The lowest BCUT2D eigenvalue weighted by Crippen LogP contribution is -2.41. The van der Waals surface area contributed by atoms with Crippen molar-refractivity contribution >= 4 is 5.78 Å². The van der Waals surface area contributed by atoms with Crippen LogP contribution in [0.25, 0.3) is 0 Å². The fourth-order valence-corrected chi connectivity index (χ4v) is 2.46. The number of ketones is 1. The molecule has 2 heterocycles. The molecule has 1 saturated heterocycles. The molecule has 1 unspecified atom stereocenters. The first-order valence-corrected chi connectivity index (χ1v) is 6.42. The van der Waals surface area contributed by atoms with Gasteiger partial charge in [-0.1, -0.05) is 6.92 Å². The van der Waals surface area contributed by atoms with Crippen LogP contribution in [0.3, 0.4) is 0 Å². The second-order valence-corrected chi connectivity index (χ2v) is 4.82. The second-order valence-electron chi connectivity index (χ2n) is 4.82. The molecule has 1 aliphatic rings. The molecule has 0 aromatic carbocycles. The number of aryl methyl sites for hydroxylation is 1. The van der Waals surface area contributed by atoms with Crippen molar-refractivity contribution < 1.29 is 4.79 Å². The summed E-state index contributed by atoms with van der Waals surface area (Å²) in [5, 5.41) is 4.17. The summed E-state index contributed by atoms with van der Waals surface area (Å²) in [6, 6.07) is 2.06. The zero-order chi connectivity index (χ0) is 12.3. The van der Waals surface area contributed by atoms with E-state index in [-0.39, 0.29) is 5.92 Å². The van der Waals surface area contributed by atoms with Crippen LogP contribution in [0.4, 0.5) is 0 Å². The lowest BCUT2D eigenvalue weighted by molar-refractivity contribution is -0.126. The van der Waals surface area contributed by atoms with Gasteiger partial charge in [-0.2, -0.15) is 5.10 Å². The number of Topliss-reactive ketones (excluding diaryl/α,β-unsaturated/α-hetero) is 1. The number of hydrogen-bond acceptors (Lipinski definition) is 3. The molecule has 0 bridgehead atoms. The first-order chi connectivity index (χ1) is 8.20. The zero-order valence-electron chi connectivity index (χ0n) is 10.7. The smallest absolute Gasteiger partial charge is 0.138 e. The number of hydrogen-bond donors (Lipinski definition) is 0. The molecule has 1 aliphatic heterocycles. The molecule has 0 saturated carbocycles. The summed E-state index contributed by atoms with van der Waals surface area (Å²) in [7, 11) is 1.98. The van der Waals surface area contributed by atoms with Crippen molar-refractivity contribution in [3.05, 3.63) is 18.0 Å². The van der Waals surface area contributed by atoms with E-state index in [0.717, 1.165) is 38.9 Å². The minimum atomic E-state index is 0.260. The van der Waals surface area contributed by atoms with E-state index in [2.05, 4.69) is 23.0 Å². The number of nitrogens with zero attached hydrogens (tertiary/aromatic N) is 3. The van der Waals surface area contributed by atoms with E-state index in [4.69, 9.17) is 0 Å². The van der Waals surface area contributed by atoms with Gasteiger partial charge in [-0.25, -0.2) is 0 Å². The van der Waals surface area contributed by atoms with Crippen molar-refractivity contribution in [3.63, 3.8) is 0 Å². The predicted molar refractivity (Wildman–Crippen MR) is 66.8 cm³/mol. The molecule has 1 fully saturated rings. The van der Waals surface area contributed by atoms with Crippen LogP contribution in [0.2, 0.25) is 0 Å². The molecule has 1 aromatic rings. The number of rotatable bonds is 4. The molecule has 1 atom stereocenters. The quantitative estimate of drug-likeness (QED) is 0.788. The maximum atomic E-state index is 11.6. The number of aromatic nitrogens is 2. The maximum absolute atomic E-state index is 11.6. The van der Waals surface area contributed by atoms with Gasteiger partial charge in [0, 0.05) is 57.3 Å². The summed E-state index contributed by atoms with van der Waals surface area (Å²) >= 11 is 0. The molecule has 0 spiro atoms. The monoisotopic (exact) mass is 235 g/mol. The van der Waals surface area contributed by atoms with Gasteiger partial charge in [0.25, 0.3) is 0 Å². The Hall–Kier alpha value is -1.16. The predicted octanol–water partition coefficient (Wildman–Crippen LogP) is 1.26. The first-order valence-electron chi connectivity index (χ1n) is 6.42. The van der Waals surface area contributed by atoms with Crippen molar-refractivity contribution in [1.29, 1.82) is 0 Å². The third-order valence-electron chi connectivity index (χ3n) is 3.71. The van der Waals surface area contributed by atoms with Gasteiger partial charge < -0.3 is 4.90 Å². The zero-order valence-corrected chi connectivity index (χ0v) is 10.7. The van der Waals surface area contributed by atoms with E-state index >= 15 is 0 Å². The Morgan fingerprint density at radius 1 is 1.53 bits per heavy atom. The molecular formula is C13H21N3O. The van der Waals surface area contributed by atoms with Crippen LogP contribution in [0, 0.1) is 5.92 Å². The van der Waals surface area contributed by atoms with Gasteiger partial charge in [0.05, 0.1) is 0 Å². The lowest BCUT2D eigenvalue weighted by Gasteiger charge is -2.31. The molecule has 4 nitrogen and oxygen atoms in total. The number of piperidine rings is 1. The Labute approximate surface area is 103 Å². The minimum Gasteiger partial charge on any atom is -0.302 e. The second kappa shape index (κ2) is 5.45. The average molecular weight is 235 g/mol. The molecule has 2 rings (SSSR count). The highest BCUT2D eigenvalue weighted by Gasteiger charge is 2.25. The molecule has 0 amide bonds. The molecular weight excluding hydrogens is 214 g/mol. The molecule has 0 radical (unpaired) electrons. The molecule has 0 N–H and O–H groups in total. The number of carbonyl (C=O) groups excluding carboxylic acids is 1. The van der Waals surface area contributed by atoms with Crippen molar-refractivity contribution in [2.75, 3.05) is 19.6 Å². The molecule has 94 valence electrons. The number of likely N-dealkylation sites (tertiary alicyclic amines) is 1. The van der Waals surface area contributed by atoms with E-state index in [0.29, 0.717) is 5.78 Å². The van der Waals surface area contributed by atoms with Gasteiger partial charge in [-0.3, -0.25) is 9.48 Å². The molecule has 17 heavy (non-hydrogen) atoms. The van der Waals surface area contributed by atoms with Gasteiger partial charge in [0.15, 0.2) is 0 Å². The van der Waals surface area contributed by atoms with Crippen molar-refractivity contribution in [2.45, 2.75) is 26.2 Å². The van der Waals surface area contributed by atoms with Gasteiger partial charge >= 0.3 is 0 Å². The SMILES string of the molecule is CCC1CN(CCc2ccnn2C)CCC1=O. The fraction of sp³-hybridized carbons (Fsp3) is 0.692. The van der Waals surface area contributed by atoms with E-state index in [1.54, 1.807) is 0 Å². The van der Waals surface area contributed by atoms with Gasteiger partial charge in [0.2, 0.25) is 0 Å². The van der Waals surface area contributed by atoms with Crippen molar-refractivity contribution in [1.82, 2.24) is 14.7 Å². The largest absolute Gasteiger partial charge is 0.302 e. The third-order valence-corrected chi connectivity index (χ3v) is 3.71. The van der Waals surface area contributed by atoms with Crippen LogP contribution >= 0.6 is 0 Å². The summed E-state index contributed by atoms with van der Waals surface area (Å²) in [5.41, 5.74) is 1.26. The van der Waals surface area contributed by atoms with E-state index in [1.165, 1.54) is 5.69 Å². The van der Waals surface area contributed by atoms with Gasteiger partial charge in [-0.15, -0.1) is 0 Å². The topological polar surface area (TPSA) is 38.1 Å². The van der Waals surface area contributed by atoms with E-state index in [9.17, 15) is 4.79 Å². The van der Waals surface area contributed by atoms with Crippen LogP contribution in [0.15, 0.2) is 12.3 Å². The highest BCUT2D eigenvalue weighted by Crippen LogP contribution is 2.16. The standard InChI is InChI=1S/C13H21N3O/c1-3-11-10-16(9-6-13(11)17)8-5-12-4-7-14-15(12)2/h4,7,11H,3,5-6,8-10H2,1-2H3. The molecule has 4 heteroatoms. The maximum Gasteiger partial charge on any atom is 0.138 e. The summed E-state index contributed by atoms with van der Waals surface area (Å²) in [6.45, 7) is 5.00. The van der Waals surface area contributed by atoms with Crippen LogP contribution in [0.5, 0.6) is 0 Å². The summed E-state index contributed by atoms with van der Waals surface area (Å²) in [6.07, 6.45) is 4.55. The summed E-state index contributed by atoms with van der Waals surface area (Å²) in [5.74, 6) is 0.708. The number of carbonyl (C=O) groups is 1. The van der Waals surface area contributed by atoms with Gasteiger partial charge in [0.1, 0.15) is 5.78 Å². The highest BCUT2D eigenvalue weighted by molar-refractivity contribution is 5.82. The van der Waals surface area contributed by atoms with Crippen molar-refractivity contribution in [3.8, 4) is 0 Å². The Bertz CT molecular complexity index is 386. The Morgan fingerprint density at radius 2 is 2.35 bits per heavy atom. The first kappa shape index (κ1) is 12.3. The lowest BCUT2D eigenvalue weighted by atomic mass is 9.94.